The number of rotatable bonds is 4. The summed E-state index contributed by atoms with van der Waals surface area (Å²) in [6, 6.07) is 5.73. The molecule has 150 valence electrons. The molecule has 2 saturated heterocycles. The maximum atomic E-state index is 12.4. The molecule has 2 aromatic rings. The van der Waals surface area contributed by atoms with Gasteiger partial charge in [0, 0.05) is 38.4 Å². The lowest BCUT2D eigenvalue weighted by atomic mass is 10.1. The van der Waals surface area contributed by atoms with E-state index in [1.807, 2.05) is 18.2 Å². The van der Waals surface area contributed by atoms with Crippen LogP contribution in [0.25, 0.3) is 10.9 Å². The van der Waals surface area contributed by atoms with Crippen molar-refractivity contribution in [1.82, 2.24) is 19.8 Å². The summed E-state index contributed by atoms with van der Waals surface area (Å²) in [6.07, 6.45) is 4.58. The van der Waals surface area contributed by atoms with Crippen molar-refractivity contribution in [2.75, 3.05) is 44.2 Å². The van der Waals surface area contributed by atoms with Crippen molar-refractivity contribution in [3.05, 3.63) is 34.9 Å². The largest absolute Gasteiger partial charge is 0.395 e. The Morgan fingerprint density at radius 2 is 1.96 bits per heavy atom. The molecule has 28 heavy (non-hydrogen) atoms. The molecule has 0 aliphatic carbocycles. The van der Waals surface area contributed by atoms with Crippen LogP contribution in [0, 0.1) is 0 Å². The maximum absolute atomic E-state index is 12.4. The highest BCUT2D eigenvalue weighted by Gasteiger charge is 2.29. The summed E-state index contributed by atoms with van der Waals surface area (Å²) in [7, 11) is 0. The number of aliphatic hydroxyl groups is 1. The van der Waals surface area contributed by atoms with E-state index in [2.05, 4.69) is 20.1 Å². The predicted molar refractivity (Wildman–Crippen MR) is 108 cm³/mol. The number of carbonyl (C=O) groups excluding carboxylic acids is 1. The molecule has 8 nitrogen and oxygen atoms in total. The molecule has 2 aliphatic rings. The molecule has 2 fully saturated rings. The summed E-state index contributed by atoms with van der Waals surface area (Å²) in [4.78, 5) is 33.7. The normalized spacial score (nSPS) is 21.5. The number of aromatic nitrogens is 2. The molecule has 0 radical (unpaired) electrons. The summed E-state index contributed by atoms with van der Waals surface area (Å²) in [5, 5.41) is 12.6. The zero-order valence-electron chi connectivity index (χ0n) is 16.0. The zero-order chi connectivity index (χ0) is 19.5. The first-order valence-electron chi connectivity index (χ1n) is 10.0. The minimum absolute atomic E-state index is 0.00656. The maximum Gasteiger partial charge on any atom is 0.261 e. The van der Waals surface area contributed by atoms with Crippen LogP contribution >= 0.6 is 0 Å². The van der Waals surface area contributed by atoms with Crippen LogP contribution in [0.2, 0.25) is 0 Å². The van der Waals surface area contributed by atoms with Gasteiger partial charge in [0.05, 0.1) is 36.4 Å². The number of hydrogen-bond donors (Lipinski definition) is 2. The molecule has 2 aliphatic heterocycles. The van der Waals surface area contributed by atoms with Crippen molar-refractivity contribution in [3.8, 4) is 0 Å². The van der Waals surface area contributed by atoms with Gasteiger partial charge in [-0.3, -0.25) is 19.1 Å². The Balaban J connectivity index is 1.47. The van der Waals surface area contributed by atoms with Gasteiger partial charge < -0.3 is 15.3 Å². The molecular weight excluding hydrogens is 358 g/mol. The quantitative estimate of drug-likeness (QED) is 0.780. The average Bonchev–Trinajstić information content (AvgIpc) is 2.94. The third kappa shape index (κ3) is 3.74. The van der Waals surface area contributed by atoms with Crippen molar-refractivity contribution in [1.29, 1.82) is 0 Å². The van der Waals surface area contributed by atoms with E-state index in [1.54, 1.807) is 0 Å². The van der Waals surface area contributed by atoms with E-state index in [0.717, 1.165) is 57.7 Å². The van der Waals surface area contributed by atoms with Crippen LogP contribution in [-0.4, -0.2) is 70.8 Å². The Hall–Kier alpha value is -2.45. The molecule has 1 aromatic carbocycles. The van der Waals surface area contributed by atoms with E-state index >= 15 is 0 Å². The van der Waals surface area contributed by atoms with Crippen LogP contribution in [0.15, 0.2) is 29.3 Å². The number of hydrogen-bond acceptors (Lipinski definition) is 6. The summed E-state index contributed by atoms with van der Waals surface area (Å²) in [5.74, 6) is 0.167. The van der Waals surface area contributed by atoms with Crippen molar-refractivity contribution < 1.29 is 9.90 Å². The molecule has 2 N–H and O–H groups in total. The van der Waals surface area contributed by atoms with E-state index in [1.165, 1.54) is 10.9 Å². The Morgan fingerprint density at radius 3 is 2.75 bits per heavy atom. The lowest BCUT2D eigenvalue weighted by molar-refractivity contribution is -0.126. The van der Waals surface area contributed by atoms with Crippen molar-refractivity contribution in [2.45, 2.75) is 31.8 Å². The van der Waals surface area contributed by atoms with Gasteiger partial charge in [-0.2, -0.15) is 0 Å². The number of benzene rings is 1. The smallest absolute Gasteiger partial charge is 0.261 e. The van der Waals surface area contributed by atoms with E-state index < -0.39 is 0 Å². The average molecular weight is 385 g/mol. The lowest BCUT2D eigenvalue weighted by Gasteiger charge is -2.39. The molecule has 1 amide bonds. The monoisotopic (exact) mass is 385 g/mol. The van der Waals surface area contributed by atoms with Crippen LogP contribution in [-0.2, 0) is 11.3 Å². The highest BCUT2D eigenvalue weighted by atomic mass is 16.3. The summed E-state index contributed by atoms with van der Waals surface area (Å²) in [6.45, 7) is 4.34. The third-order valence-electron chi connectivity index (χ3n) is 5.78. The number of aliphatic hydroxyl groups excluding tert-OH is 1. The van der Waals surface area contributed by atoms with Crippen LogP contribution < -0.4 is 15.8 Å². The van der Waals surface area contributed by atoms with Gasteiger partial charge >= 0.3 is 0 Å². The molecule has 0 spiro atoms. The molecule has 3 heterocycles. The van der Waals surface area contributed by atoms with Gasteiger partial charge in [0.1, 0.15) is 0 Å². The number of carbonyl (C=O) groups is 1. The third-order valence-corrected chi connectivity index (χ3v) is 5.78. The van der Waals surface area contributed by atoms with Crippen LogP contribution in [0.1, 0.15) is 19.3 Å². The Kier molecular flexibility index (Phi) is 5.59. The zero-order valence-corrected chi connectivity index (χ0v) is 16.0. The molecule has 4 rings (SSSR count). The topological polar surface area (TPSA) is 90.7 Å². The van der Waals surface area contributed by atoms with Crippen LogP contribution in [0.3, 0.4) is 0 Å². The van der Waals surface area contributed by atoms with E-state index in [-0.39, 0.29) is 30.7 Å². The highest BCUT2D eigenvalue weighted by molar-refractivity contribution is 5.82. The fraction of sp³-hybridized carbons (Fsp3) is 0.550. The summed E-state index contributed by atoms with van der Waals surface area (Å²) in [5.41, 5.74) is 1.58. The first-order valence-corrected chi connectivity index (χ1v) is 10.0. The van der Waals surface area contributed by atoms with E-state index in [4.69, 9.17) is 5.11 Å². The number of nitrogens with one attached hydrogen (secondary N) is 1. The van der Waals surface area contributed by atoms with Crippen LogP contribution in [0.5, 0.6) is 0 Å². The first-order chi connectivity index (χ1) is 13.7. The molecule has 8 heteroatoms. The van der Waals surface area contributed by atoms with E-state index in [0.29, 0.717) is 10.9 Å². The minimum Gasteiger partial charge on any atom is -0.395 e. The van der Waals surface area contributed by atoms with Gasteiger partial charge in [0.25, 0.3) is 5.56 Å². The molecule has 1 atom stereocenters. The molecule has 0 bridgehead atoms. The summed E-state index contributed by atoms with van der Waals surface area (Å²) < 4.78 is 1.43. The fourth-order valence-electron chi connectivity index (χ4n) is 4.17. The SMILES string of the molecule is O=C1NCCCCC1N1CCN(c2ccc3c(=O)n(CCO)cnc3c2)CC1. The second kappa shape index (κ2) is 8.28. The number of fused-ring (bicyclic) bond motifs is 1. The van der Waals surface area contributed by atoms with Gasteiger partial charge in [0.15, 0.2) is 0 Å². The van der Waals surface area contributed by atoms with Gasteiger partial charge in [0.2, 0.25) is 5.91 Å². The lowest BCUT2D eigenvalue weighted by Crippen LogP contribution is -2.54. The highest BCUT2D eigenvalue weighted by Crippen LogP contribution is 2.22. The second-order valence-electron chi connectivity index (χ2n) is 7.49. The number of piperazine rings is 1. The van der Waals surface area contributed by atoms with Crippen molar-refractivity contribution >= 4 is 22.5 Å². The molecule has 0 saturated carbocycles. The fourth-order valence-corrected chi connectivity index (χ4v) is 4.17. The number of amides is 1. The number of anilines is 1. The van der Waals surface area contributed by atoms with E-state index in [9.17, 15) is 9.59 Å². The molecule has 1 unspecified atom stereocenters. The van der Waals surface area contributed by atoms with Gasteiger partial charge in [-0.15, -0.1) is 0 Å². The molecular formula is C20H27N5O3. The minimum atomic E-state index is -0.130. The van der Waals surface area contributed by atoms with Gasteiger partial charge in [-0.1, -0.05) is 0 Å². The van der Waals surface area contributed by atoms with Gasteiger partial charge in [-0.05, 0) is 37.5 Å². The Labute approximate surface area is 163 Å². The predicted octanol–water partition coefficient (Wildman–Crippen LogP) is 0.180. The Bertz CT molecular complexity index is 904. The molecule has 1 aromatic heterocycles. The van der Waals surface area contributed by atoms with Crippen molar-refractivity contribution in [3.63, 3.8) is 0 Å². The summed E-state index contributed by atoms with van der Waals surface area (Å²) >= 11 is 0. The number of nitrogens with zero attached hydrogens (tertiary/aromatic N) is 4. The first kappa shape index (κ1) is 18.9. The standard InChI is InChI=1S/C20H27N5O3/c26-12-11-25-14-22-17-13-15(4-5-16(17)20(25)28)23-7-9-24(10-8-23)18-3-1-2-6-21-19(18)27/h4-5,13-14,18,26H,1-3,6-12H2,(H,21,27). The van der Waals surface area contributed by atoms with Gasteiger partial charge in [-0.25, -0.2) is 4.98 Å². The van der Waals surface area contributed by atoms with Crippen molar-refractivity contribution in [2.24, 2.45) is 0 Å². The van der Waals surface area contributed by atoms with Crippen LogP contribution in [0.4, 0.5) is 5.69 Å². The second-order valence-corrected chi connectivity index (χ2v) is 7.49. The Morgan fingerprint density at radius 1 is 1.14 bits per heavy atom.